The van der Waals surface area contributed by atoms with Crippen LogP contribution in [0.1, 0.15) is 36.9 Å². The second kappa shape index (κ2) is 11.8. The van der Waals surface area contributed by atoms with Crippen molar-refractivity contribution in [2.24, 2.45) is 0 Å². The lowest BCUT2D eigenvalue weighted by atomic mass is 9.95. The Bertz CT molecular complexity index is 1060. The second-order valence-corrected chi connectivity index (χ2v) is 9.64. The number of aliphatic hydroxyl groups excluding tert-OH is 1. The summed E-state index contributed by atoms with van der Waals surface area (Å²) in [7, 11) is 0. The van der Waals surface area contributed by atoms with E-state index in [2.05, 4.69) is 20.8 Å². The SMILES string of the molecule is CCCOc1ccc(C2/C(=C(\O)c3ccc(Br)cc3)C(=O)C(=O)N2CCCN2CCOCC2)cc1. The lowest BCUT2D eigenvalue weighted by Gasteiger charge is -2.29. The second-order valence-electron chi connectivity index (χ2n) is 8.72. The fourth-order valence-electron chi connectivity index (χ4n) is 4.48. The topological polar surface area (TPSA) is 79.3 Å². The summed E-state index contributed by atoms with van der Waals surface area (Å²) >= 11 is 3.39. The molecule has 8 heteroatoms. The van der Waals surface area contributed by atoms with Crippen LogP contribution in [0.25, 0.3) is 5.76 Å². The number of ether oxygens (including phenoxy) is 2. The molecule has 1 amide bonds. The molecular weight excluding hydrogens is 512 g/mol. The quantitative estimate of drug-likeness (QED) is 0.287. The Morgan fingerprint density at radius 1 is 1.06 bits per heavy atom. The Morgan fingerprint density at radius 3 is 2.40 bits per heavy atom. The van der Waals surface area contributed by atoms with Crippen LogP contribution in [0.4, 0.5) is 0 Å². The van der Waals surface area contributed by atoms with E-state index in [0.29, 0.717) is 31.9 Å². The standard InChI is InChI=1S/C27H31BrN2O5/c1-2-16-35-22-10-6-19(7-11-22)24-23(25(31)20-4-8-21(28)9-5-20)26(32)27(33)30(24)13-3-12-29-14-17-34-18-15-29/h4-11,24,31H,2-3,12-18H2,1H3/b25-23+. The number of benzene rings is 2. The molecule has 2 fully saturated rings. The highest BCUT2D eigenvalue weighted by Gasteiger charge is 2.45. The van der Waals surface area contributed by atoms with Gasteiger partial charge in [-0.3, -0.25) is 14.5 Å². The van der Waals surface area contributed by atoms with Gasteiger partial charge in [-0.25, -0.2) is 0 Å². The average molecular weight is 543 g/mol. The van der Waals surface area contributed by atoms with Gasteiger partial charge in [0.1, 0.15) is 11.5 Å². The largest absolute Gasteiger partial charge is 0.507 e. The van der Waals surface area contributed by atoms with Crippen molar-refractivity contribution in [2.75, 3.05) is 46.0 Å². The molecule has 0 aliphatic carbocycles. The van der Waals surface area contributed by atoms with E-state index >= 15 is 0 Å². The molecule has 0 aromatic heterocycles. The van der Waals surface area contributed by atoms with Gasteiger partial charge in [-0.05, 0) is 42.7 Å². The molecule has 2 aliphatic heterocycles. The Hall–Kier alpha value is -2.68. The molecule has 0 spiro atoms. The zero-order valence-electron chi connectivity index (χ0n) is 19.9. The van der Waals surface area contributed by atoms with E-state index in [-0.39, 0.29) is 11.3 Å². The fraction of sp³-hybridized carbons (Fsp3) is 0.407. The maximum Gasteiger partial charge on any atom is 0.295 e. The van der Waals surface area contributed by atoms with Crippen molar-refractivity contribution in [3.05, 3.63) is 69.7 Å². The van der Waals surface area contributed by atoms with Gasteiger partial charge in [-0.15, -0.1) is 0 Å². The van der Waals surface area contributed by atoms with E-state index < -0.39 is 17.7 Å². The molecule has 2 saturated heterocycles. The van der Waals surface area contributed by atoms with Crippen molar-refractivity contribution in [1.29, 1.82) is 0 Å². The molecule has 0 bridgehead atoms. The third-order valence-corrected chi connectivity index (χ3v) is 6.83. The van der Waals surface area contributed by atoms with Crippen LogP contribution in [0.15, 0.2) is 58.6 Å². The van der Waals surface area contributed by atoms with Crippen LogP contribution in [0.2, 0.25) is 0 Å². The number of hydrogen-bond acceptors (Lipinski definition) is 6. The summed E-state index contributed by atoms with van der Waals surface area (Å²) in [6.45, 7) is 7.04. The van der Waals surface area contributed by atoms with Crippen LogP contribution >= 0.6 is 15.9 Å². The van der Waals surface area contributed by atoms with Crippen LogP contribution < -0.4 is 4.74 Å². The molecule has 2 aromatic carbocycles. The van der Waals surface area contributed by atoms with Crippen molar-refractivity contribution in [1.82, 2.24) is 9.80 Å². The van der Waals surface area contributed by atoms with Gasteiger partial charge in [0.05, 0.1) is 31.4 Å². The van der Waals surface area contributed by atoms with Gasteiger partial charge in [-0.1, -0.05) is 47.1 Å². The van der Waals surface area contributed by atoms with Crippen LogP contribution in [-0.2, 0) is 14.3 Å². The first kappa shape index (κ1) is 25.4. The number of ketones is 1. The van der Waals surface area contributed by atoms with Crippen molar-refractivity contribution >= 4 is 33.4 Å². The number of halogens is 1. The van der Waals surface area contributed by atoms with E-state index in [4.69, 9.17) is 9.47 Å². The Balaban J connectivity index is 1.64. The van der Waals surface area contributed by atoms with Crippen molar-refractivity contribution in [3.8, 4) is 5.75 Å². The van der Waals surface area contributed by atoms with E-state index in [0.717, 1.165) is 48.3 Å². The smallest absolute Gasteiger partial charge is 0.295 e. The third kappa shape index (κ3) is 5.94. The van der Waals surface area contributed by atoms with Crippen molar-refractivity contribution in [2.45, 2.75) is 25.8 Å². The summed E-state index contributed by atoms with van der Waals surface area (Å²) in [6.07, 6.45) is 1.62. The van der Waals surface area contributed by atoms with Gasteiger partial charge < -0.3 is 19.5 Å². The normalized spacial score (nSPS) is 20.4. The molecule has 7 nitrogen and oxygen atoms in total. The van der Waals surface area contributed by atoms with Gasteiger partial charge in [0.2, 0.25) is 0 Å². The summed E-state index contributed by atoms with van der Waals surface area (Å²) in [6, 6.07) is 13.8. The van der Waals surface area contributed by atoms with E-state index in [1.54, 1.807) is 29.2 Å². The highest BCUT2D eigenvalue weighted by Crippen LogP contribution is 2.40. The molecule has 4 rings (SSSR count). The van der Waals surface area contributed by atoms with Gasteiger partial charge in [0.15, 0.2) is 0 Å². The maximum atomic E-state index is 13.2. The average Bonchev–Trinajstić information content (AvgIpc) is 3.13. The molecule has 1 N–H and O–H groups in total. The van der Waals surface area contributed by atoms with Crippen LogP contribution in [0, 0.1) is 0 Å². The van der Waals surface area contributed by atoms with Gasteiger partial charge >= 0.3 is 0 Å². The summed E-state index contributed by atoms with van der Waals surface area (Å²) < 4.78 is 12.0. The summed E-state index contributed by atoms with van der Waals surface area (Å²) in [4.78, 5) is 30.2. The number of likely N-dealkylation sites (tertiary alicyclic amines) is 1. The van der Waals surface area contributed by atoms with Crippen molar-refractivity contribution < 1.29 is 24.2 Å². The van der Waals surface area contributed by atoms with E-state index in [1.165, 1.54) is 0 Å². The molecule has 2 heterocycles. The Kier molecular flexibility index (Phi) is 8.59. The number of rotatable bonds is 9. The van der Waals surface area contributed by atoms with Gasteiger partial charge in [0.25, 0.3) is 11.7 Å². The number of Topliss-reactive ketones (excluding diaryl/α,β-unsaturated/α-hetero) is 1. The number of amides is 1. The Labute approximate surface area is 214 Å². The molecule has 2 aromatic rings. The lowest BCUT2D eigenvalue weighted by Crippen LogP contribution is -2.38. The number of morpholine rings is 1. The minimum Gasteiger partial charge on any atom is -0.507 e. The summed E-state index contributed by atoms with van der Waals surface area (Å²) in [5.41, 5.74) is 1.37. The lowest BCUT2D eigenvalue weighted by molar-refractivity contribution is -0.140. The zero-order chi connectivity index (χ0) is 24.8. The number of nitrogens with zero attached hydrogens (tertiary/aromatic N) is 2. The fourth-order valence-corrected chi connectivity index (χ4v) is 4.74. The van der Waals surface area contributed by atoms with Crippen LogP contribution in [0.5, 0.6) is 5.75 Å². The number of hydrogen-bond donors (Lipinski definition) is 1. The molecule has 1 unspecified atom stereocenters. The van der Waals surface area contributed by atoms with E-state index in [1.807, 2.05) is 31.2 Å². The van der Waals surface area contributed by atoms with Crippen LogP contribution in [-0.4, -0.2) is 72.6 Å². The monoisotopic (exact) mass is 542 g/mol. The first-order valence-corrected chi connectivity index (χ1v) is 12.9. The molecule has 0 radical (unpaired) electrons. The minimum atomic E-state index is -0.663. The molecule has 186 valence electrons. The molecule has 35 heavy (non-hydrogen) atoms. The van der Waals surface area contributed by atoms with Crippen LogP contribution in [0.3, 0.4) is 0 Å². The molecule has 1 atom stereocenters. The van der Waals surface area contributed by atoms with Gasteiger partial charge in [-0.2, -0.15) is 0 Å². The molecule has 0 saturated carbocycles. The highest BCUT2D eigenvalue weighted by molar-refractivity contribution is 9.10. The highest BCUT2D eigenvalue weighted by atomic mass is 79.9. The van der Waals surface area contributed by atoms with E-state index in [9.17, 15) is 14.7 Å². The van der Waals surface area contributed by atoms with Gasteiger partial charge in [0, 0.05) is 36.2 Å². The zero-order valence-corrected chi connectivity index (χ0v) is 21.5. The summed E-state index contributed by atoms with van der Waals surface area (Å²) in [5.74, 6) is -0.675. The molecular formula is C27H31BrN2O5. The first-order valence-electron chi connectivity index (χ1n) is 12.1. The number of carbonyl (C=O) groups excluding carboxylic acids is 2. The maximum absolute atomic E-state index is 13.2. The number of carbonyl (C=O) groups is 2. The minimum absolute atomic E-state index is 0.117. The predicted octanol–water partition coefficient (Wildman–Crippen LogP) is 4.38. The molecule has 2 aliphatic rings. The predicted molar refractivity (Wildman–Crippen MR) is 137 cm³/mol. The third-order valence-electron chi connectivity index (χ3n) is 6.30. The number of aliphatic hydroxyl groups is 1. The first-order chi connectivity index (χ1) is 17.0. The van der Waals surface area contributed by atoms with Crippen molar-refractivity contribution in [3.63, 3.8) is 0 Å². The Morgan fingerprint density at radius 2 is 1.74 bits per heavy atom. The summed E-state index contributed by atoms with van der Waals surface area (Å²) in [5, 5.41) is 11.2.